The van der Waals surface area contributed by atoms with Crippen LogP contribution in [0.1, 0.15) is 42.0 Å². The summed E-state index contributed by atoms with van der Waals surface area (Å²) >= 11 is 3.40. The molecule has 23 heavy (non-hydrogen) atoms. The fraction of sp³-hybridized carbons (Fsp3) is 0.500. The first-order valence-corrected chi connectivity index (χ1v) is 10.1. The van der Waals surface area contributed by atoms with E-state index in [4.69, 9.17) is 0 Å². The molecule has 2 aromatic rings. The van der Waals surface area contributed by atoms with E-state index in [-0.39, 0.29) is 11.9 Å². The van der Waals surface area contributed by atoms with Crippen LogP contribution in [-0.2, 0) is 4.79 Å². The molecule has 1 amide bonds. The second-order valence-corrected chi connectivity index (χ2v) is 8.26. The summed E-state index contributed by atoms with van der Waals surface area (Å²) in [6.45, 7) is 4.40. The highest BCUT2D eigenvalue weighted by Crippen LogP contribution is 2.30. The van der Waals surface area contributed by atoms with Crippen molar-refractivity contribution >= 4 is 28.6 Å². The van der Waals surface area contributed by atoms with Gasteiger partial charge in [-0.2, -0.15) is 0 Å². The minimum Gasteiger partial charge on any atom is -0.344 e. The van der Waals surface area contributed by atoms with Crippen molar-refractivity contribution in [1.29, 1.82) is 0 Å². The van der Waals surface area contributed by atoms with Crippen molar-refractivity contribution in [1.82, 2.24) is 10.6 Å². The summed E-state index contributed by atoms with van der Waals surface area (Å²) in [7, 11) is 0. The molecule has 0 spiro atoms. The highest BCUT2D eigenvalue weighted by atomic mass is 32.1. The minimum absolute atomic E-state index is 0.00252. The van der Waals surface area contributed by atoms with Gasteiger partial charge in [-0.05, 0) is 60.7 Å². The van der Waals surface area contributed by atoms with Gasteiger partial charge in [0.05, 0.1) is 6.04 Å². The molecule has 3 heterocycles. The van der Waals surface area contributed by atoms with Gasteiger partial charge in [-0.3, -0.25) is 4.79 Å². The van der Waals surface area contributed by atoms with Gasteiger partial charge in [-0.25, -0.2) is 0 Å². The summed E-state index contributed by atoms with van der Waals surface area (Å²) < 4.78 is 0. The zero-order chi connectivity index (χ0) is 16.1. The van der Waals surface area contributed by atoms with Crippen molar-refractivity contribution in [3.63, 3.8) is 0 Å². The summed E-state index contributed by atoms with van der Waals surface area (Å²) in [6, 6.07) is 8.30. The van der Waals surface area contributed by atoms with Crippen LogP contribution >= 0.6 is 22.7 Å². The molecule has 0 aromatic carbocycles. The SMILES string of the molecule is CC(CC(=O)NC(c1cccs1)c1cccs1)C1CCNCC1. The number of piperidine rings is 1. The Balaban J connectivity index is 1.62. The third kappa shape index (κ3) is 4.43. The van der Waals surface area contributed by atoms with Gasteiger partial charge in [0.1, 0.15) is 0 Å². The first kappa shape index (κ1) is 16.7. The zero-order valence-corrected chi connectivity index (χ0v) is 15.1. The number of carbonyl (C=O) groups excluding carboxylic acids is 1. The Morgan fingerprint density at radius 1 is 1.22 bits per heavy atom. The summed E-state index contributed by atoms with van der Waals surface area (Å²) in [5.41, 5.74) is 0. The first-order valence-electron chi connectivity index (χ1n) is 8.31. The fourth-order valence-corrected chi connectivity index (χ4v) is 4.95. The molecule has 1 aliphatic rings. The summed E-state index contributed by atoms with van der Waals surface area (Å²) in [4.78, 5) is 15.0. The van der Waals surface area contributed by atoms with Crippen LogP contribution in [-0.4, -0.2) is 19.0 Å². The third-order valence-electron chi connectivity index (χ3n) is 4.66. The van der Waals surface area contributed by atoms with E-state index in [9.17, 15) is 4.79 Å². The molecule has 0 bridgehead atoms. The molecule has 3 nitrogen and oxygen atoms in total. The van der Waals surface area contributed by atoms with Crippen molar-refractivity contribution in [3.05, 3.63) is 44.8 Å². The number of hydrogen-bond donors (Lipinski definition) is 2. The summed E-state index contributed by atoms with van der Waals surface area (Å²) in [6.07, 6.45) is 3.00. The lowest BCUT2D eigenvalue weighted by molar-refractivity contribution is -0.122. The Morgan fingerprint density at radius 2 is 1.83 bits per heavy atom. The predicted molar refractivity (Wildman–Crippen MR) is 98.0 cm³/mol. The Kier molecular flexibility index (Phi) is 5.86. The van der Waals surface area contributed by atoms with Crippen LogP contribution in [0.3, 0.4) is 0 Å². The largest absolute Gasteiger partial charge is 0.344 e. The number of hydrogen-bond acceptors (Lipinski definition) is 4. The second kappa shape index (κ2) is 8.08. The van der Waals surface area contributed by atoms with Crippen molar-refractivity contribution in [2.45, 2.75) is 32.2 Å². The molecular formula is C18H24N2OS2. The molecule has 1 saturated heterocycles. The van der Waals surface area contributed by atoms with Gasteiger partial charge in [0.2, 0.25) is 5.91 Å². The molecular weight excluding hydrogens is 324 g/mol. The highest BCUT2D eigenvalue weighted by molar-refractivity contribution is 7.11. The van der Waals surface area contributed by atoms with E-state index in [2.05, 4.69) is 40.5 Å². The average Bonchev–Trinajstić information content (AvgIpc) is 3.27. The number of amides is 1. The Morgan fingerprint density at radius 3 is 2.35 bits per heavy atom. The molecule has 0 aliphatic carbocycles. The number of rotatable bonds is 6. The van der Waals surface area contributed by atoms with Gasteiger partial charge in [0.15, 0.2) is 0 Å². The summed E-state index contributed by atoms with van der Waals surface area (Å²) in [5.74, 6) is 1.29. The summed E-state index contributed by atoms with van der Waals surface area (Å²) in [5, 5.41) is 10.8. The van der Waals surface area contributed by atoms with Crippen LogP contribution in [0.25, 0.3) is 0 Å². The van der Waals surface area contributed by atoms with Crippen LogP contribution in [0.2, 0.25) is 0 Å². The van der Waals surface area contributed by atoms with Gasteiger partial charge in [0.25, 0.3) is 0 Å². The first-order chi connectivity index (χ1) is 11.2. The standard InChI is InChI=1S/C18H24N2OS2/c1-13(14-6-8-19-9-7-14)12-17(21)20-18(15-4-2-10-22-15)16-5-3-11-23-16/h2-5,10-11,13-14,18-19H,6-9,12H2,1H3,(H,20,21). The fourth-order valence-electron chi connectivity index (χ4n) is 3.29. The Bertz CT molecular complexity index is 554. The van der Waals surface area contributed by atoms with Crippen LogP contribution in [0.4, 0.5) is 0 Å². The average molecular weight is 349 g/mol. The topological polar surface area (TPSA) is 41.1 Å². The maximum Gasteiger partial charge on any atom is 0.221 e. The van der Waals surface area contributed by atoms with E-state index in [1.165, 1.54) is 22.6 Å². The van der Waals surface area contributed by atoms with E-state index in [0.29, 0.717) is 18.3 Å². The molecule has 1 fully saturated rings. The maximum atomic E-state index is 12.6. The molecule has 3 rings (SSSR count). The van der Waals surface area contributed by atoms with E-state index >= 15 is 0 Å². The molecule has 1 atom stereocenters. The Hall–Kier alpha value is -1.17. The second-order valence-electron chi connectivity index (χ2n) is 6.30. The van der Waals surface area contributed by atoms with Crippen LogP contribution in [0, 0.1) is 11.8 Å². The molecule has 2 N–H and O–H groups in total. The third-order valence-corrected chi connectivity index (χ3v) is 6.53. The molecule has 1 aliphatic heterocycles. The van der Waals surface area contributed by atoms with Crippen molar-refractivity contribution in [2.75, 3.05) is 13.1 Å². The van der Waals surface area contributed by atoms with Gasteiger partial charge in [-0.15, -0.1) is 22.7 Å². The number of thiophene rings is 2. The van der Waals surface area contributed by atoms with Crippen LogP contribution in [0.15, 0.2) is 35.0 Å². The minimum atomic E-state index is 0.00252. The van der Waals surface area contributed by atoms with Gasteiger partial charge in [-0.1, -0.05) is 19.1 Å². The molecule has 0 saturated carbocycles. The quantitative estimate of drug-likeness (QED) is 0.827. The van der Waals surface area contributed by atoms with Gasteiger partial charge in [0, 0.05) is 16.2 Å². The maximum absolute atomic E-state index is 12.6. The van der Waals surface area contributed by atoms with E-state index in [0.717, 1.165) is 13.1 Å². The predicted octanol–water partition coefficient (Wildman–Crippen LogP) is 4.04. The van der Waals surface area contributed by atoms with Crippen LogP contribution in [0.5, 0.6) is 0 Å². The Labute approximate surface area is 146 Å². The highest BCUT2D eigenvalue weighted by Gasteiger charge is 2.24. The molecule has 2 aromatic heterocycles. The molecule has 124 valence electrons. The lowest BCUT2D eigenvalue weighted by atomic mass is 9.84. The molecule has 1 unspecified atom stereocenters. The van der Waals surface area contributed by atoms with Gasteiger partial charge < -0.3 is 10.6 Å². The number of carbonyl (C=O) groups is 1. The van der Waals surface area contributed by atoms with E-state index in [1.807, 2.05) is 12.1 Å². The molecule has 0 radical (unpaired) electrons. The number of nitrogens with one attached hydrogen (secondary N) is 2. The van der Waals surface area contributed by atoms with Crippen molar-refractivity contribution in [2.24, 2.45) is 11.8 Å². The smallest absolute Gasteiger partial charge is 0.221 e. The van der Waals surface area contributed by atoms with Crippen LogP contribution < -0.4 is 10.6 Å². The van der Waals surface area contributed by atoms with E-state index in [1.54, 1.807) is 22.7 Å². The zero-order valence-electron chi connectivity index (χ0n) is 13.5. The lowest BCUT2D eigenvalue weighted by Crippen LogP contribution is -2.34. The van der Waals surface area contributed by atoms with Gasteiger partial charge >= 0.3 is 0 Å². The monoisotopic (exact) mass is 348 g/mol. The molecule has 5 heteroatoms. The lowest BCUT2D eigenvalue weighted by Gasteiger charge is -2.28. The van der Waals surface area contributed by atoms with E-state index < -0.39 is 0 Å². The van der Waals surface area contributed by atoms with Crippen molar-refractivity contribution in [3.8, 4) is 0 Å². The normalized spacial score (nSPS) is 17.3. The van der Waals surface area contributed by atoms with Crippen molar-refractivity contribution < 1.29 is 4.79 Å².